The Hall–Kier alpha value is -2.81. The van der Waals surface area contributed by atoms with Crippen molar-refractivity contribution >= 4 is 23.6 Å². The van der Waals surface area contributed by atoms with Crippen molar-refractivity contribution in [1.82, 2.24) is 5.32 Å². The average Bonchev–Trinajstić information content (AvgIpc) is 2.68. The number of rotatable bonds is 6. The van der Waals surface area contributed by atoms with E-state index in [1.54, 1.807) is 0 Å². The first-order valence-electron chi connectivity index (χ1n) is 9.67. The van der Waals surface area contributed by atoms with E-state index in [-0.39, 0.29) is 24.1 Å². The van der Waals surface area contributed by atoms with Crippen molar-refractivity contribution in [2.75, 3.05) is 25.6 Å². The van der Waals surface area contributed by atoms with Gasteiger partial charge in [-0.2, -0.15) is 5.26 Å². The third kappa shape index (κ3) is 5.85. The number of carbonyl (C=O) groups excluding carboxylic acids is 2. The van der Waals surface area contributed by atoms with Crippen LogP contribution in [0.25, 0.3) is 6.08 Å². The summed E-state index contributed by atoms with van der Waals surface area (Å²) in [5.41, 5.74) is 1.60. The predicted octanol–water partition coefficient (Wildman–Crippen LogP) is 3.14. The SMILES string of the molecule is C[C@H]1[C@@H](NC(=O)COC(=O)/C(C#N)=C/c2ccc(N(C)C)cc2)CCC[C@@H]1C. The number of hydrogen-bond donors (Lipinski definition) is 1. The van der Waals surface area contributed by atoms with Crippen LogP contribution in [0.2, 0.25) is 0 Å². The summed E-state index contributed by atoms with van der Waals surface area (Å²) in [6.45, 7) is 3.95. The van der Waals surface area contributed by atoms with Crippen molar-refractivity contribution < 1.29 is 14.3 Å². The molecule has 0 bridgehead atoms. The lowest BCUT2D eigenvalue weighted by Gasteiger charge is -2.34. The van der Waals surface area contributed by atoms with Crippen molar-refractivity contribution in [1.29, 1.82) is 5.26 Å². The van der Waals surface area contributed by atoms with Gasteiger partial charge in [-0.05, 0) is 42.0 Å². The number of hydrogen-bond acceptors (Lipinski definition) is 5. The predicted molar refractivity (Wildman–Crippen MR) is 109 cm³/mol. The fraction of sp³-hybridized carbons (Fsp3) is 0.500. The molecule has 1 fully saturated rings. The Morgan fingerprint density at radius 1 is 1.25 bits per heavy atom. The van der Waals surface area contributed by atoms with Crippen molar-refractivity contribution in [2.24, 2.45) is 11.8 Å². The van der Waals surface area contributed by atoms with Gasteiger partial charge < -0.3 is 15.0 Å². The highest BCUT2D eigenvalue weighted by Crippen LogP contribution is 2.29. The lowest BCUT2D eigenvalue weighted by atomic mass is 9.78. The minimum atomic E-state index is -0.792. The van der Waals surface area contributed by atoms with Crippen LogP contribution in [0, 0.1) is 23.2 Å². The van der Waals surface area contributed by atoms with E-state index in [2.05, 4.69) is 19.2 Å². The molecule has 1 N–H and O–H groups in total. The van der Waals surface area contributed by atoms with Gasteiger partial charge in [0.05, 0.1) is 0 Å². The fourth-order valence-corrected chi connectivity index (χ4v) is 3.42. The molecular weight excluding hydrogens is 354 g/mol. The number of esters is 1. The van der Waals surface area contributed by atoms with Gasteiger partial charge in [0.1, 0.15) is 11.6 Å². The molecule has 150 valence electrons. The van der Waals surface area contributed by atoms with Gasteiger partial charge in [-0.15, -0.1) is 0 Å². The number of benzene rings is 1. The van der Waals surface area contributed by atoms with Gasteiger partial charge >= 0.3 is 5.97 Å². The Labute approximate surface area is 167 Å². The molecule has 2 rings (SSSR count). The molecule has 0 aromatic heterocycles. The van der Waals surface area contributed by atoms with Gasteiger partial charge in [0.25, 0.3) is 5.91 Å². The Morgan fingerprint density at radius 3 is 2.54 bits per heavy atom. The fourth-order valence-electron chi connectivity index (χ4n) is 3.42. The molecule has 1 aliphatic carbocycles. The molecule has 3 atom stereocenters. The van der Waals surface area contributed by atoms with E-state index in [0.717, 1.165) is 18.5 Å². The smallest absolute Gasteiger partial charge is 0.349 e. The van der Waals surface area contributed by atoms with Crippen LogP contribution in [-0.4, -0.2) is 38.6 Å². The van der Waals surface area contributed by atoms with E-state index in [1.165, 1.54) is 12.5 Å². The first-order chi connectivity index (χ1) is 13.3. The lowest BCUT2D eigenvalue weighted by Crippen LogP contribution is -2.45. The molecule has 0 spiro atoms. The number of carbonyl (C=O) groups is 2. The molecule has 28 heavy (non-hydrogen) atoms. The van der Waals surface area contributed by atoms with Crippen LogP contribution in [0.3, 0.4) is 0 Å². The molecule has 1 saturated carbocycles. The normalized spacial score (nSPS) is 22.1. The number of nitrogens with zero attached hydrogens (tertiary/aromatic N) is 2. The molecule has 0 saturated heterocycles. The summed E-state index contributed by atoms with van der Waals surface area (Å²) in [6, 6.07) is 9.38. The summed E-state index contributed by atoms with van der Waals surface area (Å²) >= 11 is 0. The highest BCUT2D eigenvalue weighted by Gasteiger charge is 2.28. The zero-order valence-corrected chi connectivity index (χ0v) is 17.1. The van der Waals surface area contributed by atoms with Gasteiger partial charge in [0.2, 0.25) is 0 Å². The quantitative estimate of drug-likeness (QED) is 0.464. The highest BCUT2D eigenvalue weighted by molar-refractivity contribution is 5.98. The molecule has 1 aliphatic rings. The summed E-state index contributed by atoms with van der Waals surface area (Å²) < 4.78 is 5.04. The summed E-state index contributed by atoms with van der Waals surface area (Å²) in [4.78, 5) is 26.3. The summed E-state index contributed by atoms with van der Waals surface area (Å²) in [5.74, 6) is -0.159. The molecular formula is C22H29N3O3. The largest absolute Gasteiger partial charge is 0.451 e. The summed E-state index contributed by atoms with van der Waals surface area (Å²) in [6.07, 6.45) is 4.67. The molecule has 0 radical (unpaired) electrons. The molecule has 1 aromatic carbocycles. The third-order valence-corrected chi connectivity index (χ3v) is 5.45. The van der Waals surface area contributed by atoms with E-state index in [4.69, 9.17) is 4.74 Å². The van der Waals surface area contributed by atoms with Crippen LogP contribution in [0.15, 0.2) is 29.8 Å². The highest BCUT2D eigenvalue weighted by atomic mass is 16.5. The minimum Gasteiger partial charge on any atom is -0.451 e. The van der Waals surface area contributed by atoms with Crippen molar-refractivity contribution in [3.8, 4) is 6.07 Å². The van der Waals surface area contributed by atoms with E-state index in [9.17, 15) is 14.9 Å². The second-order valence-electron chi connectivity index (χ2n) is 7.67. The molecule has 1 amide bonds. The third-order valence-electron chi connectivity index (χ3n) is 5.45. The van der Waals surface area contributed by atoms with Crippen LogP contribution in [0.5, 0.6) is 0 Å². The molecule has 0 heterocycles. The second kappa shape index (κ2) is 9.93. The topological polar surface area (TPSA) is 82.4 Å². The van der Waals surface area contributed by atoms with E-state index >= 15 is 0 Å². The minimum absolute atomic E-state index is 0.108. The maximum absolute atomic E-state index is 12.2. The number of amides is 1. The Balaban J connectivity index is 1.91. The number of nitriles is 1. The maximum Gasteiger partial charge on any atom is 0.349 e. The molecule has 0 aliphatic heterocycles. The lowest BCUT2D eigenvalue weighted by molar-refractivity contribution is -0.144. The Kier molecular flexibility index (Phi) is 7.62. The molecule has 6 nitrogen and oxygen atoms in total. The zero-order chi connectivity index (χ0) is 20.7. The van der Waals surface area contributed by atoms with Crippen LogP contribution in [-0.2, 0) is 14.3 Å². The first-order valence-corrected chi connectivity index (χ1v) is 9.67. The standard InChI is InChI=1S/C22H29N3O3/c1-15-6-5-7-20(16(15)2)24-21(26)14-28-22(27)18(13-23)12-17-8-10-19(11-9-17)25(3)4/h8-12,15-16,20H,5-7,14H2,1-4H3,(H,24,26)/b18-12+/t15-,16+,20-/m0/s1. The van der Waals surface area contributed by atoms with Crippen LogP contribution in [0.1, 0.15) is 38.7 Å². The van der Waals surface area contributed by atoms with E-state index in [1.807, 2.05) is 49.3 Å². The number of ether oxygens (including phenoxy) is 1. The van der Waals surface area contributed by atoms with Gasteiger partial charge in [-0.25, -0.2) is 4.79 Å². The van der Waals surface area contributed by atoms with Crippen LogP contribution in [0.4, 0.5) is 5.69 Å². The van der Waals surface area contributed by atoms with Gasteiger partial charge in [-0.3, -0.25) is 4.79 Å². The van der Waals surface area contributed by atoms with E-state index < -0.39 is 5.97 Å². The molecule has 1 aromatic rings. The Morgan fingerprint density at radius 2 is 1.93 bits per heavy atom. The van der Waals surface area contributed by atoms with Crippen molar-refractivity contribution in [3.63, 3.8) is 0 Å². The monoisotopic (exact) mass is 383 g/mol. The van der Waals surface area contributed by atoms with Crippen molar-refractivity contribution in [2.45, 2.75) is 39.2 Å². The summed E-state index contributed by atoms with van der Waals surface area (Å²) in [7, 11) is 3.87. The first kappa shape index (κ1) is 21.5. The van der Waals surface area contributed by atoms with Gasteiger partial charge in [0.15, 0.2) is 6.61 Å². The number of nitrogens with one attached hydrogen (secondary N) is 1. The van der Waals surface area contributed by atoms with Crippen LogP contribution >= 0.6 is 0 Å². The maximum atomic E-state index is 12.2. The average molecular weight is 383 g/mol. The molecule has 0 unspecified atom stereocenters. The van der Waals surface area contributed by atoms with Crippen molar-refractivity contribution in [3.05, 3.63) is 35.4 Å². The van der Waals surface area contributed by atoms with Gasteiger partial charge in [-0.1, -0.05) is 38.8 Å². The Bertz CT molecular complexity index is 762. The molecule has 6 heteroatoms. The van der Waals surface area contributed by atoms with Crippen LogP contribution < -0.4 is 10.2 Å². The van der Waals surface area contributed by atoms with E-state index in [0.29, 0.717) is 17.4 Å². The zero-order valence-electron chi connectivity index (χ0n) is 17.1. The second-order valence-corrected chi connectivity index (χ2v) is 7.67. The van der Waals surface area contributed by atoms with Gasteiger partial charge in [0, 0.05) is 25.8 Å². The summed E-state index contributed by atoms with van der Waals surface area (Å²) in [5, 5.41) is 12.2. The number of anilines is 1.